The van der Waals surface area contributed by atoms with E-state index in [1.165, 1.54) is 32.1 Å². The first-order valence-corrected chi connectivity index (χ1v) is 10.5. The molecule has 1 unspecified atom stereocenters. The maximum Gasteiger partial charge on any atom is 0.357 e. The van der Waals surface area contributed by atoms with E-state index in [0.29, 0.717) is 29.9 Å². The van der Waals surface area contributed by atoms with Crippen LogP contribution < -0.4 is 4.74 Å². The van der Waals surface area contributed by atoms with Gasteiger partial charge in [0.1, 0.15) is 5.75 Å². The topological polar surface area (TPSA) is 48.4 Å². The van der Waals surface area contributed by atoms with Gasteiger partial charge in [0.2, 0.25) is 0 Å². The monoisotopic (exact) mass is 363 g/mol. The Balaban J connectivity index is 0.00000163. The number of carbonyl (C=O) groups is 1. The second kappa shape index (κ2) is 13.6. The quantitative estimate of drug-likeness (QED) is 0.501. The fraction of sp³-hybridized carbons (Fsp3) is 0.727. The van der Waals surface area contributed by atoms with E-state index >= 15 is 0 Å². The van der Waals surface area contributed by atoms with Gasteiger partial charge in [0.25, 0.3) is 0 Å². The Hall–Kier alpha value is -1.58. The molecule has 1 fully saturated rings. The van der Waals surface area contributed by atoms with Crippen molar-refractivity contribution in [2.45, 2.75) is 79.1 Å². The minimum Gasteiger partial charge on any atom is -0.493 e. The van der Waals surface area contributed by atoms with E-state index in [0.717, 1.165) is 25.9 Å². The third-order valence-electron chi connectivity index (χ3n) is 4.88. The molecule has 0 bridgehead atoms. The summed E-state index contributed by atoms with van der Waals surface area (Å²) in [7, 11) is 0. The number of rotatable bonds is 9. The van der Waals surface area contributed by atoms with Gasteiger partial charge < -0.3 is 9.47 Å². The summed E-state index contributed by atoms with van der Waals surface area (Å²) in [5, 5.41) is 0. The molecule has 4 heteroatoms. The predicted molar refractivity (Wildman–Crippen MR) is 107 cm³/mol. The van der Waals surface area contributed by atoms with Crippen LogP contribution in [0.1, 0.15) is 89.5 Å². The minimum absolute atomic E-state index is 0.336. The summed E-state index contributed by atoms with van der Waals surface area (Å²) < 4.78 is 11.3. The van der Waals surface area contributed by atoms with E-state index in [9.17, 15) is 4.79 Å². The fourth-order valence-corrected chi connectivity index (χ4v) is 3.26. The normalized spacial score (nSPS) is 15.5. The van der Waals surface area contributed by atoms with Gasteiger partial charge in [0.15, 0.2) is 5.69 Å². The van der Waals surface area contributed by atoms with E-state index < -0.39 is 0 Å². The van der Waals surface area contributed by atoms with Gasteiger partial charge in [-0.05, 0) is 37.2 Å². The number of ether oxygens (including phenoxy) is 2. The Morgan fingerprint density at radius 1 is 1.23 bits per heavy atom. The average molecular weight is 364 g/mol. The first-order chi connectivity index (χ1) is 12.7. The Labute approximate surface area is 159 Å². The molecule has 1 atom stereocenters. The van der Waals surface area contributed by atoms with E-state index in [2.05, 4.69) is 18.8 Å². The zero-order chi connectivity index (χ0) is 19.2. The zero-order valence-electron chi connectivity index (χ0n) is 17.1. The molecule has 148 valence electrons. The van der Waals surface area contributed by atoms with Crippen LogP contribution in [0.25, 0.3) is 0 Å². The second-order valence-corrected chi connectivity index (χ2v) is 6.85. The third-order valence-corrected chi connectivity index (χ3v) is 4.88. The summed E-state index contributed by atoms with van der Waals surface area (Å²) in [5.41, 5.74) is 0.336. The standard InChI is InChI=1S/C20H31NO3.C2H6/c1-3-8-16(4-2)14-24-20(22)19-13-18(11-12-21-19)23-15-17-9-6-5-7-10-17;1-2/h11-13,16-17H,3-10,14-15H2,1-2H3;1-2H3. The first-order valence-electron chi connectivity index (χ1n) is 10.5. The average Bonchev–Trinajstić information content (AvgIpc) is 2.72. The minimum atomic E-state index is -0.354. The van der Waals surface area contributed by atoms with Crippen LogP contribution in [-0.4, -0.2) is 24.2 Å². The molecule has 0 amide bonds. The molecule has 1 saturated carbocycles. The summed E-state index contributed by atoms with van der Waals surface area (Å²) >= 11 is 0. The van der Waals surface area contributed by atoms with Crippen molar-refractivity contribution in [3.8, 4) is 5.75 Å². The van der Waals surface area contributed by atoms with Crippen LogP contribution in [0, 0.1) is 11.8 Å². The molecule has 4 nitrogen and oxygen atoms in total. The molecule has 0 saturated heterocycles. The molecular formula is C22H37NO3. The fourth-order valence-electron chi connectivity index (χ4n) is 3.26. The smallest absolute Gasteiger partial charge is 0.357 e. The lowest BCUT2D eigenvalue weighted by Gasteiger charge is -2.21. The van der Waals surface area contributed by atoms with E-state index in [1.807, 2.05) is 19.9 Å². The molecule has 26 heavy (non-hydrogen) atoms. The van der Waals surface area contributed by atoms with Crippen molar-refractivity contribution in [1.82, 2.24) is 4.98 Å². The highest BCUT2D eigenvalue weighted by molar-refractivity contribution is 5.87. The van der Waals surface area contributed by atoms with Crippen LogP contribution in [0.15, 0.2) is 18.3 Å². The van der Waals surface area contributed by atoms with Crippen molar-refractivity contribution in [2.75, 3.05) is 13.2 Å². The summed E-state index contributed by atoms with van der Waals surface area (Å²) in [5.74, 6) is 1.43. The van der Waals surface area contributed by atoms with E-state index in [4.69, 9.17) is 9.47 Å². The van der Waals surface area contributed by atoms with Crippen molar-refractivity contribution in [3.05, 3.63) is 24.0 Å². The van der Waals surface area contributed by atoms with E-state index in [1.54, 1.807) is 12.3 Å². The Morgan fingerprint density at radius 2 is 1.96 bits per heavy atom. The SMILES string of the molecule is CC.CCCC(CC)COC(=O)c1cc(OCC2CCCCC2)ccn1. The Kier molecular flexibility index (Phi) is 11.7. The van der Waals surface area contributed by atoms with Gasteiger partial charge in [-0.2, -0.15) is 0 Å². The number of hydrogen-bond donors (Lipinski definition) is 0. The summed E-state index contributed by atoms with van der Waals surface area (Å²) in [6.45, 7) is 9.48. The molecule has 0 spiro atoms. The largest absolute Gasteiger partial charge is 0.493 e. The molecule has 0 aromatic carbocycles. The third kappa shape index (κ3) is 8.20. The summed E-state index contributed by atoms with van der Waals surface area (Å²) in [4.78, 5) is 16.3. The lowest BCUT2D eigenvalue weighted by Crippen LogP contribution is -2.16. The number of esters is 1. The van der Waals surface area contributed by atoms with Crippen LogP contribution in [0.5, 0.6) is 5.75 Å². The summed E-state index contributed by atoms with van der Waals surface area (Å²) in [6, 6.07) is 3.51. The molecule has 1 aromatic rings. The van der Waals surface area contributed by atoms with Crippen LogP contribution in [0.4, 0.5) is 0 Å². The van der Waals surface area contributed by atoms with Gasteiger partial charge in [-0.3, -0.25) is 0 Å². The Morgan fingerprint density at radius 3 is 2.62 bits per heavy atom. The molecule has 1 aliphatic rings. The van der Waals surface area contributed by atoms with Gasteiger partial charge in [0.05, 0.1) is 13.2 Å². The molecule has 1 aliphatic carbocycles. The van der Waals surface area contributed by atoms with Crippen molar-refractivity contribution in [2.24, 2.45) is 11.8 Å². The molecule has 2 rings (SSSR count). The highest BCUT2D eigenvalue weighted by atomic mass is 16.5. The number of aromatic nitrogens is 1. The van der Waals surface area contributed by atoms with Crippen LogP contribution in [0.2, 0.25) is 0 Å². The molecule has 0 radical (unpaired) electrons. The van der Waals surface area contributed by atoms with Gasteiger partial charge in [-0.15, -0.1) is 0 Å². The number of pyridine rings is 1. The molecule has 0 aliphatic heterocycles. The van der Waals surface area contributed by atoms with Gasteiger partial charge >= 0.3 is 5.97 Å². The van der Waals surface area contributed by atoms with Crippen LogP contribution in [-0.2, 0) is 4.74 Å². The highest BCUT2D eigenvalue weighted by Gasteiger charge is 2.16. The Bertz CT molecular complexity index is 498. The zero-order valence-corrected chi connectivity index (χ0v) is 17.1. The van der Waals surface area contributed by atoms with Crippen molar-refractivity contribution in [3.63, 3.8) is 0 Å². The predicted octanol–water partition coefficient (Wildman–Crippen LogP) is 6.05. The second-order valence-electron chi connectivity index (χ2n) is 6.85. The van der Waals surface area contributed by atoms with Crippen molar-refractivity contribution in [1.29, 1.82) is 0 Å². The van der Waals surface area contributed by atoms with Crippen LogP contribution in [0.3, 0.4) is 0 Å². The number of carbonyl (C=O) groups excluding carboxylic acids is 1. The van der Waals surface area contributed by atoms with E-state index in [-0.39, 0.29) is 5.97 Å². The maximum atomic E-state index is 12.2. The highest BCUT2D eigenvalue weighted by Crippen LogP contribution is 2.24. The van der Waals surface area contributed by atoms with Crippen LogP contribution >= 0.6 is 0 Å². The number of nitrogens with zero attached hydrogens (tertiary/aromatic N) is 1. The maximum absolute atomic E-state index is 12.2. The molecule has 0 N–H and O–H groups in total. The van der Waals surface area contributed by atoms with Gasteiger partial charge in [-0.1, -0.05) is 59.8 Å². The number of hydrogen-bond acceptors (Lipinski definition) is 4. The van der Waals surface area contributed by atoms with Gasteiger partial charge in [0, 0.05) is 12.3 Å². The van der Waals surface area contributed by atoms with Crippen molar-refractivity contribution >= 4 is 5.97 Å². The molecule has 1 aromatic heterocycles. The summed E-state index contributed by atoms with van der Waals surface area (Å²) in [6.07, 6.45) is 11.3. The molecular weight excluding hydrogens is 326 g/mol. The van der Waals surface area contributed by atoms with Gasteiger partial charge in [-0.25, -0.2) is 9.78 Å². The molecule has 1 heterocycles. The van der Waals surface area contributed by atoms with Crippen molar-refractivity contribution < 1.29 is 14.3 Å². The lowest BCUT2D eigenvalue weighted by atomic mass is 9.90. The lowest BCUT2D eigenvalue weighted by molar-refractivity contribution is 0.0421. The first kappa shape index (κ1) is 22.5.